The highest BCUT2D eigenvalue weighted by Crippen LogP contribution is 2.35. The Hall–Kier alpha value is -3.11. The maximum atomic E-state index is 13.0. The molecule has 4 rings (SSSR count). The Morgan fingerprint density at radius 3 is 2.63 bits per heavy atom. The highest BCUT2D eigenvalue weighted by atomic mass is 32.2. The van der Waals surface area contributed by atoms with Gasteiger partial charge < -0.3 is 5.32 Å². The van der Waals surface area contributed by atoms with E-state index in [0.717, 1.165) is 0 Å². The van der Waals surface area contributed by atoms with E-state index in [0.29, 0.717) is 42.2 Å². The van der Waals surface area contributed by atoms with Crippen molar-refractivity contribution in [2.45, 2.75) is 30.7 Å². The first kappa shape index (κ1) is 20.2. The Morgan fingerprint density at radius 2 is 1.97 bits per heavy atom. The molecule has 1 N–H and O–H groups in total. The fraction of sp³-hybridized carbons (Fsp3) is 0.300. The number of para-hydroxylation sites is 1. The molecule has 0 aliphatic carbocycles. The summed E-state index contributed by atoms with van der Waals surface area (Å²) in [5.41, 5.74) is 1.52. The van der Waals surface area contributed by atoms with Gasteiger partial charge in [-0.15, -0.1) is 0 Å². The summed E-state index contributed by atoms with van der Waals surface area (Å²) in [6, 6.07) is 8.65. The SMILES string of the molecule is Cc1nc([C@@H]2CCCN2S(=O)(=O)c2cnn(C)c2)ncc1C(=O)Nc1ccccc1. The van der Waals surface area contributed by atoms with Crippen LogP contribution < -0.4 is 5.32 Å². The number of rotatable bonds is 5. The molecule has 30 heavy (non-hydrogen) atoms. The Bertz CT molecular complexity index is 1180. The zero-order valence-electron chi connectivity index (χ0n) is 16.7. The number of hydrogen-bond acceptors (Lipinski definition) is 6. The molecule has 0 saturated carbocycles. The van der Waals surface area contributed by atoms with Gasteiger partial charge in [0.2, 0.25) is 10.0 Å². The number of carbonyl (C=O) groups is 1. The van der Waals surface area contributed by atoms with Gasteiger partial charge in [-0.2, -0.15) is 9.40 Å². The van der Waals surface area contributed by atoms with Crippen molar-refractivity contribution in [1.29, 1.82) is 0 Å². The number of aromatic nitrogens is 4. The molecule has 2 aromatic heterocycles. The number of nitrogens with one attached hydrogen (secondary N) is 1. The maximum absolute atomic E-state index is 13.0. The average molecular weight is 427 g/mol. The van der Waals surface area contributed by atoms with E-state index in [1.807, 2.05) is 18.2 Å². The van der Waals surface area contributed by atoms with Crippen LogP contribution >= 0.6 is 0 Å². The second-order valence-electron chi connectivity index (χ2n) is 7.17. The van der Waals surface area contributed by atoms with Gasteiger partial charge in [-0.25, -0.2) is 18.4 Å². The molecule has 156 valence electrons. The topological polar surface area (TPSA) is 110 Å². The van der Waals surface area contributed by atoms with Crippen molar-refractivity contribution in [1.82, 2.24) is 24.1 Å². The summed E-state index contributed by atoms with van der Waals surface area (Å²) < 4.78 is 29.0. The molecule has 1 fully saturated rings. The van der Waals surface area contributed by atoms with Crippen molar-refractivity contribution < 1.29 is 13.2 Å². The lowest BCUT2D eigenvalue weighted by Gasteiger charge is -2.22. The highest BCUT2D eigenvalue weighted by Gasteiger charge is 2.38. The Labute approximate surface area is 174 Å². The molecule has 1 saturated heterocycles. The first-order valence-electron chi connectivity index (χ1n) is 9.56. The fourth-order valence-electron chi connectivity index (χ4n) is 3.54. The minimum Gasteiger partial charge on any atom is -0.322 e. The van der Waals surface area contributed by atoms with Crippen LogP contribution in [0.15, 0.2) is 53.8 Å². The predicted octanol–water partition coefficient (Wildman–Crippen LogP) is 2.30. The van der Waals surface area contributed by atoms with E-state index < -0.39 is 16.1 Å². The molecule has 3 aromatic rings. The number of amides is 1. The number of anilines is 1. The van der Waals surface area contributed by atoms with Gasteiger partial charge in [0.15, 0.2) is 0 Å². The monoisotopic (exact) mass is 426 g/mol. The third-order valence-corrected chi connectivity index (χ3v) is 6.92. The zero-order valence-corrected chi connectivity index (χ0v) is 17.5. The van der Waals surface area contributed by atoms with Crippen LogP contribution in [0.5, 0.6) is 0 Å². The largest absolute Gasteiger partial charge is 0.322 e. The number of hydrogen-bond donors (Lipinski definition) is 1. The van der Waals surface area contributed by atoms with Crippen LogP contribution in [0.25, 0.3) is 0 Å². The summed E-state index contributed by atoms with van der Waals surface area (Å²) in [6.45, 7) is 2.11. The van der Waals surface area contributed by atoms with Gasteiger partial charge in [-0.3, -0.25) is 9.48 Å². The van der Waals surface area contributed by atoms with Crippen molar-refractivity contribution in [2.75, 3.05) is 11.9 Å². The van der Waals surface area contributed by atoms with Crippen LogP contribution in [0.3, 0.4) is 0 Å². The molecule has 0 radical (unpaired) electrons. The number of aryl methyl sites for hydroxylation is 2. The van der Waals surface area contributed by atoms with Crippen molar-refractivity contribution >= 4 is 21.6 Å². The first-order valence-corrected chi connectivity index (χ1v) is 11.0. The third-order valence-electron chi connectivity index (χ3n) is 5.06. The van der Waals surface area contributed by atoms with E-state index in [9.17, 15) is 13.2 Å². The molecule has 1 atom stereocenters. The lowest BCUT2D eigenvalue weighted by molar-refractivity contribution is 0.102. The van der Waals surface area contributed by atoms with Crippen molar-refractivity contribution in [3.05, 3.63) is 66.0 Å². The molecule has 3 heterocycles. The predicted molar refractivity (Wildman–Crippen MR) is 110 cm³/mol. The van der Waals surface area contributed by atoms with Gasteiger partial charge in [0.05, 0.1) is 23.5 Å². The van der Waals surface area contributed by atoms with Gasteiger partial charge >= 0.3 is 0 Å². The molecule has 1 aromatic carbocycles. The van der Waals surface area contributed by atoms with Gasteiger partial charge in [-0.1, -0.05) is 18.2 Å². The molecule has 1 aliphatic rings. The van der Waals surface area contributed by atoms with Gasteiger partial charge in [0, 0.05) is 31.7 Å². The first-order chi connectivity index (χ1) is 14.4. The fourth-order valence-corrected chi connectivity index (χ4v) is 5.18. The van der Waals surface area contributed by atoms with Crippen LogP contribution in [0.2, 0.25) is 0 Å². The normalized spacial score (nSPS) is 17.2. The second kappa shape index (κ2) is 7.96. The van der Waals surface area contributed by atoms with Crippen molar-refractivity contribution in [3.8, 4) is 0 Å². The van der Waals surface area contributed by atoms with Gasteiger partial charge in [-0.05, 0) is 31.9 Å². The second-order valence-corrected chi connectivity index (χ2v) is 9.06. The lowest BCUT2D eigenvalue weighted by atomic mass is 10.2. The van der Waals surface area contributed by atoms with E-state index >= 15 is 0 Å². The van der Waals surface area contributed by atoms with Crippen LogP contribution in [-0.4, -0.2) is 44.9 Å². The molecule has 9 nitrogen and oxygen atoms in total. The molecule has 0 unspecified atom stereocenters. The van der Waals surface area contributed by atoms with Gasteiger partial charge in [0.1, 0.15) is 10.7 Å². The Kier molecular flexibility index (Phi) is 5.35. The molecular weight excluding hydrogens is 404 g/mol. The number of carbonyl (C=O) groups excluding carboxylic acids is 1. The third kappa shape index (κ3) is 3.83. The number of sulfonamides is 1. The van der Waals surface area contributed by atoms with Gasteiger partial charge in [0.25, 0.3) is 5.91 Å². The molecule has 10 heteroatoms. The van der Waals surface area contributed by atoms with E-state index in [2.05, 4.69) is 20.4 Å². The standard InChI is InChI=1S/C20H22N6O3S/c1-14-17(20(27)24-15-7-4-3-5-8-15)12-21-19(23-14)18-9-6-10-26(18)30(28,29)16-11-22-25(2)13-16/h3-5,7-8,11-13,18H,6,9-10H2,1-2H3,(H,24,27)/t18-/m0/s1. The lowest BCUT2D eigenvalue weighted by Crippen LogP contribution is -2.31. The van der Waals surface area contributed by atoms with E-state index in [4.69, 9.17) is 0 Å². The van der Waals surface area contributed by atoms with Crippen molar-refractivity contribution in [2.24, 2.45) is 7.05 Å². The number of benzene rings is 1. The average Bonchev–Trinajstić information content (AvgIpc) is 3.38. The smallest absolute Gasteiger partial charge is 0.259 e. The Morgan fingerprint density at radius 1 is 1.20 bits per heavy atom. The minimum atomic E-state index is -3.70. The maximum Gasteiger partial charge on any atom is 0.259 e. The summed E-state index contributed by atoms with van der Waals surface area (Å²) >= 11 is 0. The highest BCUT2D eigenvalue weighted by molar-refractivity contribution is 7.89. The molecule has 1 aliphatic heterocycles. The van der Waals surface area contributed by atoms with Crippen molar-refractivity contribution in [3.63, 3.8) is 0 Å². The minimum absolute atomic E-state index is 0.146. The summed E-state index contributed by atoms with van der Waals surface area (Å²) in [7, 11) is -2.03. The van der Waals surface area contributed by atoms with Crippen LogP contribution in [-0.2, 0) is 17.1 Å². The molecule has 0 spiro atoms. The summed E-state index contributed by atoms with van der Waals surface area (Å²) in [6.07, 6.45) is 5.61. The molecule has 0 bridgehead atoms. The van der Waals surface area contributed by atoms with E-state index in [-0.39, 0.29) is 10.8 Å². The number of nitrogens with zero attached hydrogens (tertiary/aromatic N) is 5. The zero-order chi connectivity index (χ0) is 21.3. The quantitative estimate of drug-likeness (QED) is 0.670. The summed E-state index contributed by atoms with van der Waals surface area (Å²) in [5.74, 6) is 0.0882. The molecule has 1 amide bonds. The van der Waals surface area contributed by atoms with Crippen LogP contribution in [0.4, 0.5) is 5.69 Å². The van der Waals surface area contributed by atoms with Crippen LogP contribution in [0.1, 0.15) is 40.8 Å². The Balaban J connectivity index is 1.58. The van der Waals surface area contributed by atoms with Crippen LogP contribution in [0, 0.1) is 6.92 Å². The molecular formula is C20H22N6O3S. The summed E-state index contributed by atoms with van der Waals surface area (Å²) in [5, 5.41) is 6.78. The van der Waals surface area contributed by atoms with E-state index in [1.165, 1.54) is 27.6 Å². The summed E-state index contributed by atoms with van der Waals surface area (Å²) in [4.78, 5) is 21.5. The van der Waals surface area contributed by atoms with E-state index in [1.54, 1.807) is 26.1 Å².